The maximum Gasteiger partial charge on any atom is 0.290 e. The molecule has 2 aromatic rings. The van der Waals surface area contributed by atoms with Crippen molar-refractivity contribution in [1.29, 1.82) is 0 Å². The van der Waals surface area contributed by atoms with E-state index in [0.717, 1.165) is 5.01 Å². The summed E-state index contributed by atoms with van der Waals surface area (Å²) in [6.07, 6.45) is 0.00320. The summed E-state index contributed by atoms with van der Waals surface area (Å²) in [6.45, 7) is 7.91. The van der Waals surface area contributed by atoms with Crippen LogP contribution in [0.5, 0.6) is 5.75 Å². The number of hydrogen-bond acceptors (Lipinski definition) is 7. The van der Waals surface area contributed by atoms with Gasteiger partial charge in [-0.05, 0) is 45.4 Å². The number of Topliss-reactive ketones (excluding diaryl/α,β-unsaturated/α-hetero) is 1. The first-order valence-corrected chi connectivity index (χ1v) is 10.5. The van der Waals surface area contributed by atoms with Crippen LogP contribution in [0.25, 0.3) is 0 Å². The summed E-state index contributed by atoms with van der Waals surface area (Å²) >= 11 is 1.26. The Labute approximate surface area is 180 Å². The fourth-order valence-corrected chi connectivity index (χ4v) is 4.40. The maximum absolute atomic E-state index is 13.4. The minimum absolute atomic E-state index is 0.00320. The summed E-state index contributed by atoms with van der Waals surface area (Å²) in [6, 6.07) is 6.42. The van der Waals surface area contributed by atoms with E-state index in [1.807, 2.05) is 26.8 Å². The van der Waals surface area contributed by atoms with Crippen molar-refractivity contribution >= 4 is 23.0 Å². The molecule has 30 heavy (non-hydrogen) atoms. The fourth-order valence-electron chi connectivity index (χ4n) is 3.53. The monoisotopic (exact) mass is 430 g/mol. The molecule has 1 atom stereocenters. The quantitative estimate of drug-likeness (QED) is 0.642. The van der Waals surface area contributed by atoms with E-state index in [1.54, 1.807) is 32.2 Å². The third-order valence-electron chi connectivity index (χ3n) is 4.85. The zero-order chi connectivity index (χ0) is 22.0. The third kappa shape index (κ3) is 4.24. The van der Waals surface area contributed by atoms with E-state index in [9.17, 15) is 14.7 Å². The Morgan fingerprint density at radius 2 is 2.07 bits per heavy atom. The SMILES string of the molecule is COc1cccc(C2C(C(=O)c3sc(C)nc3C)=C(O)C(=O)N2CCOC(C)C)c1. The van der Waals surface area contributed by atoms with E-state index < -0.39 is 17.7 Å². The summed E-state index contributed by atoms with van der Waals surface area (Å²) in [5.74, 6) is -0.898. The second kappa shape index (κ2) is 8.97. The highest BCUT2D eigenvalue weighted by molar-refractivity contribution is 7.14. The van der Waals surface area contributed by atoms with E-state index in [1.165, 1.54) is 16.2 Å². The number of methoxy groups -OCH3 is 1. The standard InChI is InChI=1S/C22H26N2O5S/c1-12(2)29-10-9-24-18(15-7-6-8-16(11-15)28-5)17(20(26)22(24)27)19(25)21-13(3)23-14(4)30-21/h6-8,11-12,18,26H,9-10H2,1-5H3. The number of nitrogens with zero attached hydrogens (tertiary/aromatic N) is 2. The lowest BCUT2D eigenvalue weighted by atomic mass is 9.95. The number of amides is 1. The van der Waals surface area contributed by atoms with Crippen LogP contribution in [0.1, 0.15) is 45.8 Å². The number of aliphatic hydroxyl groups is 1. The molecule has 1 aromatic carbocycles. The molecular formula is C22H26N2O5S. The van der Waals surface area contributed by atoms with Crippen molar-refractivity contribution in [2.45, 2.75) is 39.8 Å². The second-order valence-electron chi connectivity index (χ2n) is 7.34. The number of ketones is 1. The van der Waals surface area contributed by atoms with Crippen molar-refractivity contribution in [1.82, 2.24) is 9.88 Å². The maximum atomic E-state index is 13.4. The molecule has 0 radical (unpaired) electrons. The van der Waals surface area contributed by atoms with Crippen LogP contribution in [0, 0.1) is 13.8 Å². The Balaban J connectivity index is 2.06. The molecule has 0 fully saturated rings. The number of ether oxygens (including phenoxy) is 2. The summed E-state index contributed by atoms with van der Waals surface area (Å²) in [7, 11) is 1.55. The lowest BCUT2D eigenvalue weighted by Gasteiger charge is -2.27. The molecule has 1 unspecified atom stereocenters. The van der Waals surface area contributed by atoms with Crippen LogP contribution < -0.4 is 4.74 Å². The molecule has 1 aliphatic heterocycles. The number of hydrogen-bond donors (Lipinski definition) is 1. The molecule has 1 aromatic heterocycles. The molecular weight excluding hydrogens is 404 g/mol. The molecule has 0 saturated carbocycles. The predicted molar refractivity (Wildman–Crippen MR) is 114 cm³/mol. The molecule has 3 rings (SSSR count). The first kappa shape index (κ1) is 22.0. The van der Waals surface area contributed by atoms with Gasteiger partial charge in [-0.2, -0.15) is 0 Å². The Hall–Kier alpha value is -2.71. The van der Waals surface area contributed by atoms with Crippen molar-refractivity contribution in [2.75, 3.05) is 20.3 Å². The van der Waals surface area contributed by atoms with Crippen LogP contribution in [0.4, 0.5) is 0 Å². The van der Waals surface area contributed by atoms with Gasteiger partial charge in [0.05, 0.1) is 47.0 Å². The number of rotatable bonds is 8. The van der Waals surface area contributed by atoms with Gasteiger partial charge in [-0.25, -0.2) is 4.98 Å². The average molecular weight is 431 g/mol. The van der Waals surface area contributed by atoms with E-state index in [-0.39, 0.29) is 30.6 Å². The van der Waals surface area contributed by atoms with Gasteiger partial charge in [0.25, 0.3) is 5.91 Å². The highest BCUT2D eigenvalue weighted by Gasteiger charge is 2.44. The van der Waals surface area contributed by atoms with E-state index >= 15 is 0 Å². The smallest absolute Gasteiger partial charge is 0.290 e. The zero-order valence-electron chi connectivity index (χ0n) is 17.8. The molecule has 7 nitrogen and oxygen atoms in total. The van der Waals surface area contributed by atoms with Gasteiger partial charge in [-0.15, -0.1) is 11.3 Å². The zero-order valence-corrected chi connectivity index (χ0v) is 18.6. The van der Waals surface area contributed by atoms with Crippen LogP contribution in [0.15, 0.2) is 35.6 Å². The summed E-state index contributed by atoms with van der Waals surface area (Å²) in [5, 5.41) is 11.5. The lowest BCUT2D eigenvalue weighted by molar-refractivity contribution is -0.130. The lowest BCUT2D eigenvalue weighted by Crippen LogP contribution is -2.34. The molecule has 0 saturated heterocycles. The van der Waals surface area contributed by atoms with Crippen molar-refractivity contribution in [3.8, 4) is 5.75 Å². The van der Waals surface area contributed by atoms with Crippen LogP contribution in [-0.2, 0) is 9.53 Å². The van der Waals surface area contributed by atoms with Crippen molar-refractivity contribution in [3.63, 3.8) is 0 Å². The van der Waals surface area contributed by atoms with Gasteiger partial charge >= 0.3 is 0 Å². The van der Waals surface area contributed by atoms with Crippen LogP contribution in [-0.4, -0.2) is 53.0 Å². The molecule has 2 heterocycles. The van der Waals surface area contributed by atoms with Crippen molar-refractivity contribution < 1.29 is 24.2 Å². The normalized spacial score (nSPS) is 16.7. The molecule has 1 aliphatic rings. The number of carbonyl (C=O) groups is 2. The van der Waals surface area contributed by atoms with Gasteiger partial charge < -0.3 is 19.5 Å². The Bertz CT molecular complexity index is 995. The Kier molecular flexibility index (Phi) is 6.58. The second-order valence-corrected chi connectivity index (χ2v) is 8.54. The molecule has 1 N–H and O–H groups in total. The Morgan fingerprint density at radius 3 is 2.67 bits per heavy atom. The molecule has 0 aliphatic carbocycles. The average Bonchev–Trinajstić information content (AvgIpc) is 3.17. The molecule has 160 valence electrons. The molecule has 1 amide bonds. The Morgan fingerprint density at radius 1 is 1.33 bits per heavy atom. The minimum Gasteiger partial charge on any atom is -0.503 e. The number of carbonyl (C=O) groups excluding carboxylic acids is 2. The first-order chi connectivity index (χ1) is 14.2. The largest absolute Gasteiger partial charge is 0.503 e. The summed E-state index contributed by atoms with van der Waals surface area (Å²) in [4.78, 5) is 32.6. The van der Waals surface area contributed by atoms with Crippen molar-refractivity contribution in [2.24, 2.45) is 0 Å². The first-order valence-electron chi connectivity index (χ1n) is 9.73. The summed E-state index contributed by atoms with van der Waals surface area (Å²) in [5.41, 5.74) is 1.32. The molecule has 0 spiro atoms. The number of benzene rings is 1. The molecule has 8 heteroatoms. The van der Waals surface area contributed by atoms with E-state index in [2.05, 4.69) is 4.98 Å². The highest BCUT2D eigenvalue weighted by Crippen LogP contribution is 2.40. The predicted octanol–water partition coefficient (Wildman–Crippen LogP) is 3.77. The topological polar surface area (TPSA) is 89.0 Å². The molecule has 0 bridgehead atoms. The number of thiazole rings is 1. The van der Waals surface area contributed by atoms with Crippen molar-refractivity contribution in [3.05, 3.63) is 56.7 Å². The van der Waals surface area contributed by atoms with Crippen LogP contribution >= 0.6 is 11.3 Å². The summed E-state index contributed by atoms with van der Waals surface area (Å²) < 4.78 is 10.9. The van der Waals surface area contributed by atoms with Gasteiger partial charge in [0.1, 0.15) is 5.75 Å². The minimum atomic E-state index is -0.738. The third-order valence-corrected chi connectivity index (χ3v) is 5.92. The van der Waals surface area contributed by atoms with Gasteiger partial charge in [-0.1, -0.05) is 12.1 Å². The van der Waals surface area contributed by atoms with E-state index in [4.69, 9.17) is 9.47 Å². The van der Waals surface area contributed by atoms with Gasteiger partial charge in [0.2, 0.25) is 5.78 Å². The number of aromatic nitrogens is 1. The van der Waals surface area contributed by atoms with Gasteiger partial charge in [0.15, 0.2) is 5.76 Å². The van der Waals surface area contributed by atoms with Crippen LogP contribution in [0.3, 0.4) is 0 Å². The van der Waals surface area contributed by atoms with Crippen LogP contribution in [0.2, 0.25) is 0 Å². The fraction of sp³-hybridized carbons (Fsp3) is 0.409. The highest BCUT2D eigenvalue weighted by atomic mass is 32.1. The number of aliphatic hydroxyl groups excluding tert-OH is 1. The number of aryl methyl sites for hydroxylation is 2. The van der Waals surface area contributed by atoms with Gasteiger partial charge in [0, 0.05) is 6.54 Å². The van der Waals surface area contributed by atoms with E-state index in [0.29, 0.717) is 21.9 Å². The van der Waals surface area contributed by atoms with Gasteiger partial charge in [-0.3, -0.25) is 9.59 Å².